The lowest BCUT2D eigenvalue weighted by Crippen LogP contribution is -2.55. The van der Waals surface area contributed by atoms with Crippen molar-refractivity contribution in [3.05, 3.63) is 69.2 Å². The van der Waals surface area contributed by atoms with E-state index in [1.54, 1.807) is 42.2 Å². The Labute approximate surface area is 184 Å². The predicted octanol–water partition coefficient (Wildman–Crippen LogP) is 4.59. The Hall–Kier alpha value is -2.37. The summed E-state index contributed by atoms with van der Waals surface area (Å²) >= 11 is 12.0. The summed E-state index contributed by atoms with van der Waals surface area (Å²) in [6, 6.07) is 12.1. The van der Waals surface area contributed by atoms with Gasteiger partial charge in [0.2, 0.25) is 0 Å². The standard InChI is InChI=1S/C23H21Cl2NO4/c1-23(13-16-4-2-3-5-17(16)21(28)30-23)22(29)26-10-8-14(9-11-26)20(27)15-6-7-18(24)19(25)12-15/h2-7,12,14H,8-11,13H2,1H3. The summed E-state index contributed by atoms with van der Waals surface area (Å²) < 4.78 is 5.56. The van der Waals surface area contributed by atoms with Gasteiger partial charge in [0.1, 0.15) is 0 Å². The number of fused-ring (bicyclic) bond motifs is 1. The lowest BCUT2D eigenvalue weighted by molar-refractivity contribution is -0.152. The Morgan fingerprint density at radius 2 is 1.77 bits per heavy atom. The van der Waals surface area contributed by atoms with Gasteiger partial charge >= 0.3 is 5.97 Å². The number of halogens is 2. The van der Waals surface area contributed by atoms with E-state index in [9.17, 15) is 14.4 Å². The van der Waals surface area contributed by atoms with E-state index in [-0.39, 0.29) is 17.6 Å². The van der Waals surface area contributed by atoms with Crippen LogP contribution in [0.5, 0.6) is 0 Å². The minimum Gasteiger partial charge on any atom is -0.445 e. The molecule has 1 unspecified atom stereocenters. The number of ketones is 1. The summed E-state index contributed by atoms with van der Waals surface area (Å²) in [6.45, 7) is 2.53. The summed E-state index contributed by atoms with van der Waals surface area (Å²) in [6.07, 6.45) is 1.44. The van der Waals surface area contributed by atoms with Gasteiger partial charge in [-0.3, -0.25) is 9.59 Å². The van der Waals surface area contributed by atoms with Crippen LogP contribution in [-0.4, -0.2) is 41.3 Å². The molecular formula is C23H21Cl2NO4. The number of likely N-dealkylation sites (tertiary alicyclic amines) is 1. The summed E-state index contributed by atoms with van der Waals surface area (Å²) in [5, 5.41) is 0.757. The van der Waals surface area contributed by atoms with E-state index in [1.807, 2.05) is 12.1 Å². The number of Topliss-reactive ketones (excluding diaryl/α,β-unsaturated/α-hetero) is 1. The molecule has 2 heterocycles. The third-order valence-corrected chi connectivity index (χ3v) is 6.63. The van der Waals surface area contributed by atoms with Crippen LogP contribution >= 0.6 is 23.2 Å². The van der Waals surface area contributed by atoms with Crippen LogP contribution in [0.2, 0.25) is 10.0 Å². The van der Waals surface area contributed by atoms with Gasteiger partial charge < -0.3 is 9.64 Å². The largest absolute Gasteiger partial charge is 0.445 e. The van der Waals surface area contributed by atoms with Gasteiger partial charge in [-0.05, 0) is 49.6 Å². The van der Waals surface area contributed by atoms with Crippen molar-refractivity contribution >= 4 is 40.9 Å². The average Bonchev–Trinajstić information content (AvgIpc) is 2.74. The molecule has 4 rings (SSSR count). The maximum Gasteiger partial charge on any atom is 0.339 e. The zero-order valence-corrected chi connectivity index (χ0v) is 18.0. The molecule has 1 fully saturated rings. The highest BCUT2D eigenvalue weighted by Crippen LogP contribution is 2.32. The van der Waals surface area contributed by atoms with Gasteiger partial charge in [-0.15, -0.1) is 0 Å². The van der Waals surface area contributed by atoms with Crippen LogP contribution < -0.4 is 0 Å². The number of carbonyl (C=O) groups excluding carboxylic acids is 3. The Kier molecular flexibility index (Phi) is 5.60. The van der Waals surface area contributed by atoms with Crippen molar-refractivity contribution < 1.29 is 19.1 Å². The molecule has 1 atom stereocenters. The second kappa shape index (κ2) is 8.05. The molecule has 2 aliphatic heterocycles. The Bertz CT molecular complexity index is 1030. The van der Waals surface area contributed by atoms with Crippen LogP contribution in [0.3, 0.4) is 0 Å². The van der Waals surface area contributed by atoms with E-state index in [2.05, 4.69) is 0 Å². The normalized spacial score (nSPS) is 21.7. The maximum absolute atomic E-state index is 13.2. The van der Waals surface area contributed by atoms with E-state index in [4.69, 9.17) is 27.9 Å². The van der Waals surface area contributed by atoms with Crippen LogP contribution in [0, 0.1) is 5.92 Å². The minimum atomic E-state index is -1.23. The molecule has 0 aliphatic carbocycles. The maximum atomic E-state index is 13.2. The van der Waals surface area contributed by atoms with Gasteiger partial charge in [-0.1, -0.05) is 41.4 Å². The molecule has 0 N–H and O–H groups in total. The number of rotatable bonds is 3. The highest BCUT2D eigenvalue weighted by atomic mass is 35.5. The molecule has 2 aromatic rings. The van der Waals surface area contributed by atoms with E-state index in [0.29, 0.717) is 53.5 Å². The third-order valence-electron chi connectivity index (χ3n) is 5.89. The summed E-state index contributed by atoms with van der Waals surface area (Å²) in [7, 11) is 0. The molecule has 0 aromatic heterocycles. The Morgan fingerprint density at radius 1 is 1.07 bits per heavy atom. The number of nitrogens with zero attached hydrogens (tertiary/aromatic N) is 1. The fourth-order valence-electron chi connectivity index (χ4n) is 4.22. The van der Waals surface area contributed by atoms with Crippen molar-refractivity contribution in [1.82, 2.24) is 4.90 Å². The molecule has 5 nitrogen and oxygen atoms in total. The number of hydrogen-bond acceptors (Lipinski definition) is 4. The molecule has 7 heteroatoms. The van der Waals surface area contributed by atoms with Crippen molar-refractivity contribution in [3.8, 4) is 0 Å². The number of hydrogen-bond donors (Lipinski definition) is 0. The molecule has 2 aliphatic rings. The monoisotopic (exact) mass is 445 g/mol. The van der Waals surface area contributed by atoms with Crippen molar-refractivity contribution in [2.45, 2.75) is 31.8 Å². The fourth-order valence-corrected chi connectivity index (χ4v) is 4.51. The van der Waals surface area contributed by atoms with Crippen LogP contribution in [0.1, 0.15) is 46.0 Å². The smallest absolute Gasteiger partial charge is 0.339 e. The van der Waals surface area contributed by atoms with Crippen molar-refractivity contribution in [2.75, 3.05) is 13.1 Å². The van der Waals surface area contributed by atoms with Gasteiger partial charge in [0.05, 0.1) is 15.6 Å². The lowest BCUT2D eigenvalue weighted by Gasteiger charge is -2.39. The summed E-state index contributed by atoms with van der Waals surface area (Å²) in [5.41, 5.74) is 0.619. The molecule has 1 saturated heterocycles. The SMILES string of the molecule is CC1(C(=O)N2CCC(C(=O)c3ccc(Cl)c(Cl)c3)CC2)Cc2ccccc2C(=O)O1. The fraction of sp³-hybridized carbons (Fsp3) is 0.348. The van der Waals surface area contributed by atoms with Crippen LogP contribution in [0.15, 0.2) is 42.5 Å². The van der Waals surface area contributed by atoms with E-state index < -0.39 is 11.6 Å². The number of cyclic esters (lactones) is 1. The predicted molar refractivity (Wildman–Crippen MR) is 114 cm³/mol. The topological polar surface area (TPSA) is 63.7 Å². The highest BCUT2D eigenvalue weighted by molar-refractivity contribution is 6.42. The van der Waals surface area contributed by atoms with Gasteiger partial charge in [-0.25, -0.2) is 4.79 Å². The van der Waals surface area contributed by atoms with Gasteiger partial charge in [0, 0.05) is 31.0 Å². The molecule has 0 spiro atoms. The molecule has 156 valence electrons. The molecule has 30 heavy (non-hydrogen) atoms. The first-order valence-electron chi connectivity index (χ1n) is 9.88. The second-order valence-electron chi connectivity index (χ2n) is 8.01. The van der Waals surface area contributed by atoms with Gasteiger partial charge in [-0.2, -0.15) is 0 Å². The summed E-state index contributed by atoms with van der Waals surface area (Å²) in [4.78, 5) is 40.1. The van der Waals surface area contributed by atoms with Crippen LogP contribution in [-0.2, 0) is 16.0 Å². The van der Waals surface area contributed by atoms with E-state index in [1.165, 1.54) is 0 Å². The summed E-state index contributed by atoms with van der Waals surface area (Å²) in [5.74, 6) is -0.873. The lowest BCUT2D eigenvalue weighted by atomic mass is 9.86. The Morgan fingerprint density at radius 3 is 2.47 bits per heavy atom. The number of carbonyl (C=O) groups is 3. The second-order valence-corrected chi connectivity index (χ2v) is 8.83. The van der Waals surface area contributed by atoms with Gasteiger partial charge in [0.25, 0.3) is 5.91 Å². The number of ether oxygens (including phenoxy) is 1. The number of piperidine rings is 1. The molecule has 0 radical (unpaired) electrons. The number of benzene rings is 2. The molecule has 2 aromatic carbocycles. The number of amides is 1. The van der Waals surface area contributed by atoms with E-state index in [0.717, 1.165) is 5.56 Å². The minimum absolute atomic E-state index is 0.00454. The van der Waals surface area contributed by atoms with Crippen molar-refractivity contribution in [3.63, 3.8) is 0 Å². The first-order chi connectivity index (χ1) is 14.3. The molecule has 1 amide bonds. The van der Waals surface area contributed by atoms with Crippen LogP contribution in [0.4, 0.5) is 0 Å². The first-order valence-corrected chi connectivity index (χ1v) is 10.6. The Balaban J connectivity index is 1.43. The van der Waals surface area contributed by atoms with Crippen molar-refractivity contribution in [2.24, 2.45) is 5.92 Å². The van der Waals surface area contributed by atoms with E-state index >= 15 is 0 Å². The molecular weight excluding hydrogens is 425 g/mol. The zero-order valence-electron chi connectivity index (χ0n) is 16.5. The third kappa shape index (κ3) is 3.84. The van der Waals surface area contributed by atoms with Gasteiger partial charge in [0.15, 0.2) is 11.4 Å². The molecule has 0 saturated carbocycles. The van der Waals surface area contributed by atoms with Crippen LogP contribution in [0.25, 0.3) is 0 Å². The first kappa shape index (κ1) is 20.9. The average molecular weight is 446 g/mol. The zero-order chi connectivity index (χ0) is 21.5. The quantitative estimate of drug-likeness (QED) is 0.511. The van der Waals surface area contributed by atoms with Crippen molar-refractivity contribution in [1.29, 1.82) is 0 Å². The molecule has 0 bridgehead atoms. The highest BCUT2D eigenvalue weighted by Gasteiger charge is 2.45. The number of esters is 1.